The van der Waals surface area contributed by atoms with Crippen LogP contribution in [0.3, 0.4) is 0 Å². The van der Waals surface area contributed by atoms with Crippen LogP contribution >= 0.6 is 0 Å². The summed E-state index contributed by atoms with van der Waals surface area (Å²) in [4.78, 5) is 3.93. The van der Waals surface area contributed by atoms with Gasteiger partial charge in [-0.1, -0.05) is 32.0 Å². The fourth-order valence-electron chi connectivity index (χ4n) is 1.85. The summed E-state index contributed by atoms with van der Waals surface area (Å²) in [7, 11) is 0. The molecule has 4 heteroatoms. The Morgan fingerprint density at radius 3 is 2.68 bits per heavy atom. The normalized spacial score (nSPS) is 10.8. The van der Waals surface area contributed by atoms with E-state index in [9.17, 15) is 4.39 Å². The zero-order chi connectivity index (χ0) is 13.8. The van der Waals surface area contributed by atoms with Gasteiger partial charge in [0.25, 0.3) is 5.88 Å². The van der Waals surface area contributed by atoms with Gasteiger partial charge in [0.15, 0.2) is 5.82 Å². The van der Waals surface area contributed by atoms with Crippen LogP contribution in [0.15, 0.2) is 36.5 Å². The van der Waals surface area contributed by atoms with E-state index in [0.29, 0.717) is 11.3 Å². The molecular weight excluding hydrogens is 243 g/mol. The average molecular weight is 260 g/mol. The largest absolute Gasteiger partial charge is 0.436 e. The van der Waals surface area contributed by atoms with Crippen molar-refractivity contribution < 1.29 is 9.13 Å². The third-order valence-electron chi connectivity index (χ3n) is 2.90. The van der Waals surface area contributed by atoms with Crippen LogP contribution in [0.2, 0.25) is 0 Å². The topological polar surface area (TPSA) is 48.1 Å². The van der Waals surface area contributed by atoms with Gasteiger partial charge in [0.2, 0.25) is 0 Å². The molecule has 0 unspecified atom stereocenters. The molecule has 0 spiro atoms. The van der Waals surface area contributed by atoms with Gasteiger partial charge in [-0.3, -0.25) is 0 Å². The first-order valence-corrected chi connectivity index (χ1v) is 6.23. The van der Waals surface area contributed by atoms with Crippen LogP contribution in [-0.2, 0) is 6.54 Å². The minimum atomic E-state index is -0.497. The number of pyridine rings is 1. The molecule has 3 nitrogen and oxygen atoms in total. The Bertz CT molecular complexity index is 570. The fraction of sp³-hybridized carbons (Fsp3) is 0.267. The molecule has 2 rings (SSSR count). The zero-order valence-electron chi connectivity index (χ0n) is 11.1. The maximum atomic E-state index is 14.0. The van der Waals surface area contributed by atoms with Crippen molar-refractivity contribution in [3.05, 3.63) is 53.5 Å². The van der Waals surface area contributed by atoms with Crippen molar-refractivity contribution in [1.82, 2.24) is 4.98 Å². The van der Waals surface area contributed by atoms with Crippen LogP contribution in [-0.4, -0.2) is 4.98 Å². The van der Waals surface area contributed by atoms with Crippen molar-refractivity contribution in [2.24, 2.45) is 5.73 Å². The number of para-hydroxylation sites is 1. The van der Waals surface area contributed by atoms with Crippen LogP contribution in [0, 0.1) is 5.82 Å². The van der Waals surface area contributed by atoms with Gasteiger partial charge < -0.3 is 10.5 Å². The summed E-state index contributed by atoms with van der Waals surface area (Å²) < 4.78 is 19.6. The number of halogens is 1. The van der Waals surface area contributed by atoms with Gasteiger partial charge in [-0.2, -0.15) is 0 Å². The minimum absolute atomic E-state index is 0.0314. The van der Waals surface area contributed by atoms with E-state index in [1.54, 1.807) is 6.07 Å². The van der Waals surface area contributed by atoms with Crippen LogP contribution in [0.4, 0.5) is 4.39 Å². The first-order valence-electron chi connectivity index (χ1n) is 6.23. The molecule has 0 fully saturated rings. The van der Waals surface area contributed by atoms with Crippen molar-refractivity contribution >= 4 is 0 Å². The number of hydrogen-bond acceptors (Lipinski definition) is 3. The molecule has 0 aliphatic rings. The van der Waals surface area contributed by atoms with E-state index in [0.717, 1.165) is 5.56 Å². The van der Waals surface area contributed by atoms with E-state index in [1.165, 1.54) is 6.20 Å². The lowest BCUT2D eigenvalue weighted by Crippen LogP contribution is -2.03. The number of nitrogens with two attached hydrogens (primary N) is 1. The average Bonchev–Trinajstić information content (AvgIpc) is 2.41. The third kappa shape index (κ3) is 2.90. The van der Waals surface area contributed by atoms with Crippen molar-refractivity contribution in [3.8, 4) is 11.6 Å². The van der Waals surface area contributed by atoms with Gasteiger partial charge in [0.05, 0.1) is 0 Å². The highest BCUT2D eigenvalue weighted by Gasteiger charge is 2.13. The number of ether oxygens (including phenoxy) is 1. The van der Waals surface area contributed by atoms with Crippen molar-refractivity contribution in [1.29, 1.82) is 0 Å². The van der Waals surface area contributed by atoms with E-state index >= 15 is 0 Å². The monoisotopic (exact) mass is 260 g/mol. The molecule has 2 aromatic rings. The van der Waals surface area contributed by atoms with Crippen LogP contribution < -0.4 is 10.5 Å². The molecular formula is C15H17FN2O. The van der Waals surface area contributed by atoms with Crippen LogP contribution in [0.5, 0.6) is 11.6 Å². The molecule has 0 bridgehead atoms. The van der Waals surface area contributed by atoms with Crippen molar-refractivity contribution in [2.75, 3.05) is 0 Å². The molecule has 0 radical (unpaired) electrons. The second kappa shape index (κ2) is 5.80. The lowest BCUT2D eigenvalue weighted by atomic mass is 10.0. The highest BCUT2D eigenvalue weighted by atomic mass is 19.1. The maximum absolute atomic E-state index is 14.0. The molecule has 0 amide bonds. The standard InChI is InChI=1S/C15H17FN2O/c1-10(2)12-5-3-4-6-13(12)19-15-14(16)11(9-17)7-8-18-15/h3-8,10H,9,17H2,1-2H3. The molecule has 1 aromatic carbocycles. The summed E-state index contributed by atoms with van der Waals surface area (Å²) in [5.74, 6) is 0.384. The molecule has 0 aliphatic heterocycles. The summed E-state index contributed by atoms with van der Waals surface area (Å²) >= 11 is 0. The number of benzene rings is 1. The number of aromatic nitrogens is 1. The number of nitrogens with zero attached hydrogens (tertiary/aromatic N) is 1. The van der Waals surface area contributed by atoms with Gasteiger partial charge in [-0.05, 0) is 23.6 Å². The van der Waals surface area contributed by atoms with E-state index in [4.69, 9.17) is 10.5 Å². The predicted molar refractivity (Wildman–Crippen MR) is 72.7 cm³/mol. The summed E-state index contributed by atoms with van der Waals surface area (Å²) in [6, 6.07) is 9.11. The SMILES string of the molecule is CC(C)c1ccccc1Oc1nccc(CN)c1F. The van der Waals surface area contributed by atoms with E-state index in [2.05, 4.69) is 18.8 Å². The second-order valence-electron chi connectivity index (χ2n) is 4.59. The summed E-state index contributed by atoms with van der Waals surface area (Å²) in [5, 5.41) is 0. The van der Waals surface area contributed by atoms with Crippen molar-refractivity contribution in [3.63, 3.8) is 0 Å². The van der Waals surface area contributed by atoms with Gasteiger partial charge in [0.1, 0.15) is 5.75 Å². The van der Waals surface area contributed by atoms with Gasteiger partial charge in [0, 0.05) is 18.3 Å². The Hall–Kier alpha value is -1.94. The Labute approximate surface area is 112 Å². The van der Waals surface area contributed by atoms with E-state index in [-0.39, 0.29) is 18.3 Å². The first-order chi connectivity index (χ1) is 9.13. The highest BCUT2D eigenvalue weighted by molar-refractivity contribution is 5.38. The molecule has 0 atom stereocenters. The quantitative estimate of drug-likeness (QED) is 0.913. The van der Waals surface area contributed by atoms with Crippen LogP contribution in [0.1, 0.15) is 30.9 Å². The summed E-state index contributed by atoms with van der Waals surface area (Å²) in [6.07, 6.45) is 1.50. The molecule has 19 heavy (non-hydrogen) atoms. The highest BCUT2D eigenvalue weighted by Crippen LogP contribution is 2.30. The van der Waals surface area contributed by atoms with Crippen LogP contribution in [0.25, 0.3) is 0 Å². The number of hydrogen-bond donors (Lipinski definition) is 1. The molecule has 0 saturated heterocycles. The van der Waals surface area contributed by atoms with E-state index < -0.39 is 5.82 Å². The molecule has 1 aromatic heterocycles. The predicted octanol–water partition coefficient (Wildman–Crippen LogP) is 3.60. The minimum Gasteiger partial charge on any atom is -0.436 e. The molecule has 2 N–H and O–H groups in total. The van der Waals surface area contributed by atoms with Crippen molar-refractivity contribution in [2.45, 2.75) is 26.3 Å². The third-order valence-corrected chi connectivity index (χ3v) is 2.90. The smallest absolute Gasteiger partial charge is 0.256 e. The summed E-state index contributed by atoms with van der Waals surface area (Å²) in [6.45, 7) is 4.24. The molecule has 0 aliphatic carbocycles. The first kappa shape index (κ1) is 13.5. The van der Waals surface area contributed by atoms with Gasteiger partial charge in [-0.15, -0.1) is 0 Å². The molecule has 100 valence electrons. The van der Waals surface area contributed by atoms with E-state index in [1.807, 2.05) is 24.3 Å². The fourth-order valence-corrected chi connectivity index (χ4v) is 1.85. The Balaban J connectivity index is 2.37. The number of rotatable bonds is 4. The molecule has 1 heterocycles. The Kier molecular flexibility index (Phi) is 4.12. The Morgan fingerprint density at radius 2 is 2.00 bits per heavy atom. The Morgan fingerprint density at radius 1 is 1.26 bits per heavy atom. The van der Waals surface area contributed by atoms with Gasteiger partial charge >= 0.3 is 0 Å². The second-order valence-corrected chi connectivity index (χ2v) is 4.59. The maximum Gasteiger partial charge on any atom is 0.256 e. The summed E-state index contributed by atoms with van der Waals surface area (Å²) in [5.41, 5.74) is 6.88. The molecule has 0 saturated carbocycles. The lowest BCUT2D eigenvalue weighted by Gasteiger charge is -2.13. The zero-order valence-corrected chi connectivity index (χ0v) is 11.1. The van der Waals surface area contributed by atoms with Gasteiger partial charge in [-0.25, -0.2) is 9.37 Å². The lowest BCUT2D eigenvalue weighted by molar-refractivity contribution is 0.413.